The molecule has 0 unspecified atom stereocenters. The van der Waals surface area contributed by atoms with Crippen molar-refractivity contribution in [2.24, 2.45) is 0 Å². The third-order valence-corrected chi connectivity index (χ3v) is 4.14. The van der Waals surface area contributed by atoms with Crippen LogP contribution in [-0.2, 0) is 19.5 Å². The van der Waals surface area contributed by atoms with Gasteiger partial charge in [-0.2, -0.15) is 0 Å². The molecule has 0 saturated heterocycles. The van der Waals surface area contributed by atoms with Gasteiger partial charge in [0.2, 0.25) is 0 Å². The Kier molecular flexibility index (Phi) is 6.62. The van der Waals surface area contributed by atoms with Gasteiger partial charge in [0.15, 0.2) is 11.5 Å². The monoisotopic (exact) mass is 331 g/mol. The van der Waals surface area contributed by atoms with Crippen LogP contribution in [0.4, 0.5) is 4.39 Å². The van der Waals surface area contributed by atoms with E-state index >= 15 is 0 Å². The minimum absolute atomic E-state index is 0.156. The first-order valence-corrected chi connectivity index (χ1v) is 8.51. The Bertz CT molecular complexity index is 673. The van der Waals surface area contributed by atoms with Crippen LogP contribution in [0.3, 0.4) is 0 Å². The Labute approximate surface area is 143 Å². The van der Waals surface area contributed by atoms with Gasteiger partial charge in [0.25, 0.3) is 0 Å². The lowest BCUT2D eigenvalue weighted by atomic mass is 10.1. The van der Waals surface area contributed by atoms with Crippen molar-refractivity contribution in [3.8, 4) is 11.5 Å². The highest BCUT2D eigenvalue weighted by Gasteiger charge is 2.18. The van der Waals surface area contributed by atoms with E-state index in [9.17, 15) is 9.50 Å². The van der Waals surface area contributed by atoms with Crippen LogP contribution in [0, 0.1) is 5.82 Å². The summed E-state index contributed by atoms with van der Waals surface area (Å²) in [4.78, 5) is 2.34. The van der Waals surface area contributed by atoms with Gasteiger partial charge in [-0.25, -0.2) is 4.39 Å². The number of phenolic OH excluding ortho intramolecular Hbond substituents is 1. The lowest BCUT2D eigenvalue weighted by Crippen LogP contribution is -2.18. The van der Waals surface area contributed by atoms with E-state index in [1.54, 1.807) is 19.2 Å². The topological polar surface area (TPSA) is 32.7 Å². The van der Waals surface area contributed by atoms with Gasteiger partial charge in [-0.3, -0.25) is 4.90 Å². The summed E-state index contributed by atoms with van der Waals surface area (Å²) in [5.74, 6) is 0.529. The number of aryl methyl sites for hydroxylation is 1. The van der Waals surface area contributed by atoms with E-state index in [2.05, 4.69) is 4.90 Å². The normalized spacial score (nSPS) is 13.2. The van der Waals surface area contributed by atoms with E-state index in [4.69, 9.17) is 4.74 Å². The molecule has 130 valence electrons. The average Bonchev–Trinajstić information content (AvgIpc) is 3.00. The molecule has 0 aliphatic carbocycles. The van der Waals surface area contributed by atoms with Gasteiger partial charge in [-0.15, -0.1) is 0 Å². The smallest absolute Gasteiger partial charge is 0.160 e. The number of hydrogen-bond donors (Lipinski definition) is 1. The van der Waals surface area contributed by atoms with Gasteiger partial charge >= 0.3 is 0 Å². The zero-order valence-corrected chi connectivity index (χ0v) is 14.7. The molecular formula is C20H26FNO2. The lowest BCUT2D eigenvalue weighted by Gasteiger charge is -2.14. The highest BCUT2D eigenvalue weighted by Crippen LogP contribution is 2.27. The third-order valence-electron chi connectivity index (χ3n) is 4.14. The highest BCUT2D eigenvalue weighted by atomic mass is 19.1. The predicted molar refractivity (Wildman–Crippen MR) is 94.8 cm³/mol. The molecule has 2 aromatic carbocycles. The van der Waals surface area contributed by atoms with Crippen molar-refractivity contribution >= 4 is 0 Å². The lowest BCUT2D eigenvalue weighted by molar-refractivity contribution is 0.280. The summed E-state index contributed by atoms with van der Waals surface area (Å²) < 4.78 is 18.3. The number of ether oxygens (including phenoxy) is 1. The zero-order chi connectivity index (χ0) is 17.5. The van der Waals surface area contributed by atoms with E-state index < -0.39 is 0 Å². The Balaban J connectivity index is 0.00000100. The quantitative estimate of drug-likeness (QED) is 0.875. The van der Waals surface area contributed by atoms with Crippen molar-refractivity contribution in [1.29, 1.82) is 0 Å². The van der Waals surface area contributed by atoms with Crippen LogP contribution < -0.4 is 4.74 Å². The van der Waals surface area contributed by atoms with Crippen LogP contribution in [0.1, 0.15) is 37.0 Å². The number of phenols is 1. The van der Waals surface area contributed by atoms with E-state index in [1.807, 2.05) is 32.0 Å². The molecule has 1 aliphatic rings. The summed E-state index contributed by atoms with van der Waals surface area (Å²) in [6, 6.07) is 10.5. The van der Waals surface area contributed by atoms with Crippen LogP contribution in [0.2, 0.25) is 0 Å². The van der Waals surface area contributed by atoms with Crippen LogP contribution in [0.5, 0.6) is 11.5 Å². The number of hydrogen-bond acceptors (Lipinski definition) is 3. The molecule has 4 heteroatoms. The SMILES string of the molecule is CC.COc1cc(CCCN2Cc3ccc(F)cc3C2)ccc1O. The standard InChI is InChI=1S/C18H20FNO2.C2H6/c1-22-18-9-13(4-7-17(18)21)3-2-8-20-11-14-5-6-16(19)10-15(14)12-20;1-2/h4-7,9-10,21H,2-3,8,11-12H2,1H3;1-2H3. The fourth-order valence-corrected chi connectivity index (χ4v) is 2.98. The second-order valence-electron chi connectivity index (χ2n) is 5.73. The molecule has 0 amide bonds. The first-order valence-electron chi connectivity index (χ1n) is 8.51. The molecule has 3 nitrogen and oxygen atoms in total. The van der Waals surface area contributed by atoms with Crippen molar-refractivity contribution in [2.45, 2.75) is 39.8 Å². The van der Waals surface area contributed by atoms with E-state index in [-0.39, 0.29) is 11.6 Å². The van der Waals surface area contributed by atoms with Crippen molar-refractivity contribution < 1.29 is 14.2 Å². The molecule has 3 rings (SSSR count). The second-order valence-corrected chi connectivity index (χ2v) is 5.73. The van der Waals surface area contributed by atoms with Crippen LogP contribution >= 0.6 is 0 Å². The summed E-state index contributed by atoms with van der Waals surface area (Å²) in [6.07, 6.45) is 1.95. The summed E-state index contributed by atoms with van der Waals surface area (Å²) in [7, 11) is 1.55. The Morgan fingerprint density at radius 3 is 2.58 bits per heavy atom. The molecule has 0 spiro atoms. The maximum atomic E-state index is 13.2. The molecular weight excluding hydrogens is 305 g/mol. The van der Waals surface area contributed by atoms with E-state index in [0.29, 0.717) is 5.75 Å². The summed E-state index contributed by atoms with van der Waals surface area (Å²) in [5, 5.41) is 9.59. The number of nitrogens with zero attached hydrogens (tertiary/aromatic N) is 1. The molecule has 0 aromatic heterocycles. The Morgan fingerprint density at radius 2 is 1.83 bits per heavy atom. The molecule has 24 heavy (non-hydrogen) atoms. The second kappa shape index (κ2) is 8.69. The van der Waals surface area contributed by atoms with Gasteiger partial charge in [0.1, 0.15) is 5.82 Å². The molecule has 0 fully saturated rings. The molecule has 1 N–H and O–H groups in total. The Hall–Kier alpha value is -2.07. The first kappa shape index (κ1) is 18.3. The van der Waals surface area contributed by atoms with Gasteiger partial charge in [-0.1, -0.05) is 26.0 Å². The van der Waals surface area contributed by atoms with Gasteiger partial charge in [0, 0.05) is 13.1 Å². The maximum absolute atomic E-state index is 13.2. The number of rotatable bonds is 5. The number of benzene rings is 2. The number of aromatic hydroxyl groups is 1. The number of halogens is 1. The third kappa shape index (κ3) is 4.48. The minimum Gasteiger partial charge on any atom is -0.504 e. The summed E-state index contributed by atoms with van der Waals surface area (Å²) in [6.45, 7) is 6.69. The zero-order valence-electron chi connectivity index (χ0n) is 14.7. The highest BCUT2D eigenvalue weighted by molar-refractivity contribution is 5.41. The van der Waals surface area contributed by atoms with Gasteiger partial charge < -0.3 is 9.84 Å². The molecule has 1 aliphatic heterocycles. The fourth-order valence-electron chi connectivity index (χ4n) is 2.98. The Morgan fingerprint density at radius 1 is 1.08 bits per heavy atom. The largest absolute Gasteiger partial charge is 0.504 e. The minimum atomic E-state index is -0.156. The van der Waals surface area contributed by atoms with Gasteiger partial charge in [0.05, 0.1) is 7.11 Å². The van der Waals surface area contributed by atoms with Crippen LogP contribution in [0.15, 0.2) is 36.4 Å². The average molecular weight is 331 g/mol. The molecule has 2 aromatic rings. The van der Waals surface area contributed by atoms with Crippen molar-refractivity contribution in [3.05, 3.63) is 58.9 Å². The van der Waals surface area contributed by atoms with Crippen molar-refractivity contribution in [2.75, 3.05) is 13.7 Å². The number of fused-ring (bicyclic) bond motifs is 1. The summed E-state index contributed by atoms with van der Waals surface area (Å²) in [5.41, 5.74) is 3.48. The van der Waals surface area contributed by atoms with Crippen molar-refractivity contribution in [3.63, 3.8) is 0 Å². The van der Waals surface area contributed by atoms with Crippen molar-refractivity contribution in [1.82, 2.24) is 4.90 Å². The van der Waals surface area contributed by atoms with Crippen LogP contribution in [0.25, 0.3) is 0 Å². The van der Waals surface area contributed by atoms with E-state index in [0.717, 1.165) is 43.6 Å². The predicted octanol–water partition coefficient (Wildman–Crippen LogP) is 4.51. The summed E-state index contributed by atoms with van der Waals surface area (Å²) >= 11 is 0. The van der Waals surface area contributed by atoms with Crippen LogP contribution in [-0.4, -0.2) is 23.7 Å². The molecule has 0 bridgehead atoms. The number of methoxy groups -OCH3 is 1. The molecule has 0 radical (unpaired) electrons. The molecule has 0 atom stereocenters. The maximum Gasteiger partial charge on any atom is 0.160 e. The molecule has 1 heterocycles. The van der Waals surface area contributed by atoms with E-state index in [1.165, 1.54) is 11.6 Å². The fraction of sp³-hybridized carbons (Fsp3) is 0.400. The first-order chi connectivity index (χ1) is 11.7. The molecule has 0 saturated carbocycles. The van der Waals surface area contributed by atoms with Gasteiger partial charge in [-0.05, 0) is 60.3 Å².